The van der Waals surface area contributed by atoms with Gasteiger partial charge >= 0.3 is 0 Å². The fourth-order valence-corrected chi connectivity index (χ4v) is 1.50. The summed E-state index contributed by atoms with van der Waals surface area (Å²) in [6.07, 6.45) is 5.90. The third kappa shape index (κ3) is 3.17. The van der Waals surface area contributed by atoms with Gasteiger partial charge in [0.2, 0.25) is 0 Å². The smallest absolute Gasteiger partial charge is 0.115 e. The van der Waals surface area contributed by atoms with Crippen LogP contribution in [0.1, 0.15) is 18.4 Å². The Bertz CT molecular complexity index is 399. The van der Waals surface area contributed by atoms with Crippen LogP contribution in [0.25, 0.3) is 0 Å². The van der Waals surface area contributed by atoms with Crippen LogP contribution >= 0.6 is 0 Å². The van der Waals surface area contributed by atoms with Crippen LogP contribution in [0.5, 0.6) is 0 Å². The molecule has 0 aliphatic rings. The molecule has 0 spiro atoms. The topological polar surface area (TPSA) is 51.0 Å². The lowest BCUT2D eigenvalue weighted by molar-refractivity contribution is 0.455. The van der Waals surface area contributed by atoms with Crippen LogP contribution in [0.15, 0.2) is 41.4 Å². The van der Waals surface area contributed by atoms with Gasteiger partial charge in [-0.1, -0.05) is 0 Å². The van der Waals surface area contributed by atoms with Crippen molar-refractivity contribution in [3.63, 3.8) is 0 Å². The summed E-state index contributed by atoms with van der Waals surface area (Å²) in [5.74, 6) is 1.00. The van der Waals surface area contributed by atoms with Gasteiger partial charge in [-0.25, -0.2) is 9.97 Å². The van der Waals surface area contributed by atoms with Crippen molar-refractivity contribution in [1.82, 2.24) is 15.3 Å². The maximum absolute atomic E-state index is 5.29. The van der Waals surface area contributed by atoms with Crippen LogP contribution in [0.2, 0.25) is 0 Å². The van der Waals surface area contributed by atoms with Crippen LogP contribution in [-0.4, -0.2) is 16.0 Å². The molecule has 1 atom stereocenters. The van der Waals surface area contributed by atoms with Crippen molar-refractivity contribution >= 4 is 0 Å². The lowest BCUT2D eigenvalue weighted by Gasteiger charge is -2.11. The fourth-order valence-electron chi connectivity index (χ4n) is 1.50. The number of nitrogens with one attached hydrogen (secondary N) is 1. The second kappa shape index (κ2) is 5.42. The van der Waals surface area contributed by atoms with Gasteiger partial charge in [0, 0.05) is 25.2 Å². The Morgan fingerprint density at radius 3 is 3.06 bits per heavy atom. The minimum atomic E-state index is 0.362. The molecule has 0 aliphatic carbocycles. The van der Waals surface area contributed by atoms with Crippen LogP contribution in [0, 0.1) is 0 Å². The predicted molar refractivity (Wildman–Crippen MR) is 60.7 cm³/mol. The molecule has 4 nitrogen and oxygen atoms in total. The zero-order chi connectivity index (χ0) is 11.2. The van der Waals surface area contributed by atoms with Crippen molar-refractivity contribution in [3.8, 4) is 0 Å². The van der Waals surface area contributed by atoms with E-state index in [9.17, 15) is 0 Å². The first kappa shape index (κ1) is 10.8. The lowest BCUT2D eigenvalue weighted by Crippen LogP contribution is -2.27. The highest BCUT2D eigenvalue weighted by molar-refractivity contribution is 5.01. The number of aromatic nitrogens is 2. The first-order valence-electron chi connectivity index (χ1n) is 5.35. The van der Waals surface area contributed by atoms with E-state index in [1.807, 2.05) is 18.2 Å². The second-order valence-corrected chi connectivity index (χ2v) is 3.77. The molecule has 1 N–H and O–H groups in total. The van der Waals surface area contributed by atoms with Gasteiger partial charge in [-0.3, -0.25) is 0 Å². The molecular weight excluding hydrogens is 202 g/mol. The van der Waals surface area contributed by atoms with Crippen molar-refractivity contribution in [2.24, 2.45) is 0 Å². The van der Waals surface area contributed by atoms with E-state index in [1.54, 1.807) is 18.8 Å². The number of rotatable bonds is 5. The van der Waals surface area contributed by atoms with Crippen molar-refractivity contribution in [2.45, 2.75) is 25.9 Å². The van der Waals surface area contributed by atoms with E-state index in [-0.39, 0.29) is 0 Å². The molecule has 2 aromatic rings. The molecule has 0 aromatic carbocycles. The third-order valence-electron chi connectivity index (χ3n) is 2.36. The molecule has 2 rings (SSSR count). The molecule has 1 unspecified atom stereocenters. The van der Waals surface area contributed by atoms with Crippen molar-refractivity contribution < 1.29 is 4.42 Å². The lowest BCUT2D eigenvalue weighted by atomic mass is 10.2. The minimum absolute atomic E-state index is 0.362. The average Bonchev–Trinajstić information content (AvgIpc) is 2.81. The summed E-state index contributed by atoms with van der Waals surface area (Å²) in [5.41, 5.74) is 1.00. The van der Waals surface area contributed by atoms with E-state index in [0.29, 0.717) is 6.04 Å². The SMILES string of the molecule is CC(Cc1ccco1)NCc1ccncn1. The predicted octanol–water partition coefficient (Wildman–Crippen LogP) is 1.79. The molecule has 84 valence electrons. The molecule has 4 heteroatoms. The highest BCUT2D eigenvalue weighted by atomic mass is 16.3. The molecule has 0 aliphatic heterocycles. The highest BCUT2D eigenvalue weighted by Crippen LogP contribution is 2.04. The summed E-state index contributed by atoms with van der Waals surface area (Å²) in [6.45, 7) is 2.88. The minimum Gasteiger partial charge on any atom is -0.469 e. The number of hydrogen-bond donors (Lipinski definition) is 1. The molecule has 0 radical (unpaired) electrons. The molecule has 0 bridgehead atoms. The van der Waals surface area contributed by atoms with Gasteiger partial charge in [-0.2, -0.15) is 0 Å². The van der Waals surface area contributed by atoms with E-state index < -0.39 is 0 Å². The van der Waals surface area contributed by atoms with Gasteiger partial charge in [0.05, 0.1) is 12.0 Å². The molecule has 0 amide bonds. The van der Waals surface area contributed by atoms with Gasteiger partial charge in [-0.15, -0.1) is 0 Å². The molecular formula is C12H15N3O. The van der Waals surface area contributed by atoms with Crippen molar-refractivity contribution in [1.29, 1.82) is 0 Å². The Morgan fingerprint density at radius 1 is 1.44 bits per heavy atom. The maximum Gasteiger partial charge on any atom is 0.115 e. The Hall–Kier alpha value is -1.68. The monoisotopic (exact) mass is 217 g/mol. The van der Waals surface area contributed by atoms with E-state index in [0.717, 1.165) is 24.4 Å². The van der Waals surface area contributed by atoms with Crippen LogP contribution in [0.4, 0.5) is 0 Å². The summed E-state index contributed by atoms with van der Waals surface area (Å²) in [6, 6.07) is 6.17. The normalized spacial score (nSPS) is 12.6. The first-order chi connectivity index (χ1) is 7.84. The molecule has 0 saturated carbocycles. The Morgan fingerprint density at radius 2 is 2.38 bits per heavy atom. The summed E-state index contributed by atoms with van der Waals surface area (Å²) < 4.78 is 5.29. The molecule has 16 heavy (non-hydrogen) atoms. The number of hydrogen-bond acceptors (Lipinski definition) is 4. The van der Waals surface area contributed by atoms with Crippen LogP contribution < -0.4 is 5.32 Å². The second-order valence-electron chi connectivity index (χ2n) is 3.77. The van der Waals surface area contributed by atoms with Gasteiger partial charge in [0.15, 0.2) is 0 Å². The Labute approximate surface area is 94.7 Å². The van der Waals surface area contributed by atoms with Crippen molar-refractivity contribution in [2.75, 3.05) is 0 Å². The van der Waals surface area contributed by atoms with Crippen LogP contribution in [0.3, 0.4) is 0 Å². The largest absolute Gasteiger partial charge is 0.469 e. The summed E-state index contributed by atoms with van der Waals surface area (Å²) in [4.78, 5) is 8.03. The summed E-state index contributed by atoms with van der Waals surface area (Å²) in [5, 5.41) is 3.39. The molecule has 0 saturated heterocycles. The zero-order valence-electron chi connectivity index (χ0n) is 9.26. The molecule has 2 aromatic heterocycles. The summed E-state index contributed by atoms with van der Waals surface area (Å²) in [7, 11) is 0. The highest BCUT2D eigenvalue weighted by Gasteiger charge is 2.05. The van der Waals surface area contributed by atoms with Gasteiger partial charge in [0.25, 0.3) is 0 Å². The number of furan rings is 1. The van der Waals surface area contributed by atoms with E-state index in [2.05, 4.69) is 22.2 Å². The number of nitrogens with zero attached hydrogens (tertiary/aromatic N) is 2. The fraction of sp³-hybridized carbons (Fsp3) is 0.333. The standard InChI is InChI=1S/C12H15N3O/c1-10(7-12-3-2-6-16-12)14-8-11-4-5-13-9-15-11/h2-6,9-10,14H,7-8H2,1H3. The van der Waals surface area contributed by atoms with Crippen LogP contribution in [-0.2, 0) is 13.0 Å². The van der Waals surface area contributed by atoms with E-state index >= 15 is 0 Å². The first-order valence-corrected chi connectivity index (χ1v) is 5.35. The van der Waals surface area contributed by atoms with Gasteiger partial charge in [0.1, 0.15) is 12.1 Å². The Kier molecular flexibility index (Phi) is 3.66. The van der Waals surface area contributed by atoms with Crippen molar-refractivity contribution in [3.05, 3.63) is 48.4 Å². The summed E-state index contributed by atoms with van der Waals surface area (Å²) >= 11 is 0. The third-order valence-corrected chi connectivity index (χ3v) is 2.36. The quantitative estimate of drug-likeness (QED) is 0.829. The average molecular weight is 217 g/mol. The van der Waals surface area contributed by atoms with E-state index in [1.165, 1.54) is 0 Å². The van der Waals surface area contributed by atoms with E-state index in [4.69, 9.17) is 4.42 Å². The maximum atomic E-state index is 5.29. The zero-order valence-corrected chi connectivity index (χ0v) is 9.26. The molecule has 2 heterocycles. The van der Waals surface area contributed by atoms with Gasteiger partial charge in [-0.05, 0) is 25.1 Å². The Balaban J connectivity index is 1.78. The van der Waals surface area contributed by atoms with Gasteiger partial charge < -0.3 is 9.73 Å². The molecule has 0 fully saturated rings.